The van der Waals surface area contributed by atoms with Crippen LogP contribution in [0.1, 0.15) is 39.5 Å². The number of aliphatic carboxylic acids is 2. The van der Waals surface area contributed by atoms with Crippen molar-refractivity contribution < 1.29 is 29.4 Å². The minimum atomic E-state index is -0.950. The van der Waals surface area contributed by atoms with Gasteiger partial charge >= 0.3 is 11.9 Å². The fourth-order valence-corrected chi connectivity index (χ4v) is 6.27. The SMILES string of the molecule is CC(CSSCC(C)C(=O)N1CCC[C@H]1C(=O)O)C(=O)N1CCC[C@H]1C(=O)O. The van der Waals surface area contributed by atoms with E-state index in [4.69, 9.17) is 0 Å². The molecule has 2 heterocycles. The lowest BCUT2D eigenvalue weighted by molar-refractivity contribution is -0.149. The van der Waals surface area contributed by atoms with Crippen LogP contribution in [0.2, 0.25) is 0 Å². The van der Waals surface area contributed by atoms with Crippen molar-refractivity contribution in [2.45, 2.75) is 51.6 Å². The van der Waals surface area contributed by atoms with Crippen molar-refractivity contribution in [2.24, 2.45) is 11.8 Å². The summed E-state index contributed by atoms with van der Waals surface area (Å²) in [6.07, 6.45) is 2.43. The summed E-state index contributed by atoms with van der Waals surface area (Å²) in [5.74, 6) is -1.68. The molecule has 2 aliphatic rings. The van der Waals surface area contributed by atoms with Gasteiger partial charge in [-0.05, 0) is 25.7 Å². The number of rotatable bonds is 9. The molecule has 0 saturated carbocycles. The standard InChI is InChI=1S/C18H28N2O6S2/c1-11(15(21)19-7-3-5-13(19)17(23)24)9-27-28-10-12(2)16(22)20-8-4-6-14(20)18(25)26/h11-14H,3-10H2,1-2H3,(H,23,24)(H,25,26)/t11?,12?,13-,14-/m0/s1. The third-order valence-electron chi connectivity index (χ3n) is 5.20. The summed E-state index contributed by atoms with van der Waals surface area (Å²) in [7, 11) is 2.98. The van der Waals surface area contributed by atoms with Crippen molar-refractivity contribution in [2.75, 3.05) is 24.6 Å². The molecule has 2 rings (SSSR count). The second-order valence-electron chi connectivity index (χ2n) is 7.43. The Morgan fingerprint density at radius 2 is 1.18 bits per heavy atom. The van der Waals surface area contributed by atoms with Crippen molar-refractivity contribution in [1.29, 1.82) is 0 Å². The Morgan fingerprint density at radius 1 is 0.821 bits per heavy atom. The van der Waals surface area contributed by atoms with Gasteiger partial charge in [0, 0.05) is 36.4 Å². The van der Waals surface area contributed by atoms with Crippen LogP contribution in [-0.2, 0) is 19.2 Å². The molecule has 2 fully saturated rings. The number of likely N-dealkylation sites (tertiary alicyclic amines) is 2. The molecule has 0 aromatic carbocycles. The van der Waals surface area contributed by atoms with Crippen molar-refractivity contribution in [3.8, 4) is 0 Å². The molecule has 2 saturated heterocycles. The number of carboxylic acids is 2. The molecule has 2 unspecified atom stereocenters. The fourth-order valence-electron chi connectivity index (χ4n) is 3.58. The van der Waals surface area contributed by atoms with Gasteiger partial charge in [-0.3, -0.25) is 9.59 Å². The molecule has 4 atom stereocenters. The van der Waals surface area contributed by atoms with Crippen LogP contribution in [0.4, 0.5) is 0 Å². The van der Waals surface area contributed by atoms with Gasteiger partial charge in [0.05, 0.1) is 0 Å². The molecule has 0 aromatic rings. The van der Waals surface area contributed by atoms with E-state index in [0.717, 1.165) is 0 Å². The van der Waals surface area contributed by atoms with Crippen molar-refractivity contribution in [3.63, 3.8) is 0 Å². The first-order valence-electron chi connectivity index (χ1n) is 9.55. The minimum absolute atomic E-state index is 0.136. The fraction of sp³-hybridized carbons (Fsp3) is 0.778. The Kier molecular flexibility index (Phi) is 8.48. The third-order valence-corrected chi connectivity index (χ3v) is 7.96. The van der Waals surface area contributed by atoms with Crippen LogP contribution < -0.4 is 0 Å². The maximum absolute atomic E-state index is 12.5. The summed E-state index contributed by atoms with van der Waals surface area (Å²) in [6.45, 7) is 4.57. The predicted molar refractivity (Wildman–Crippen MR) is 108 cm³/mol. The molecule has 158 valence electrons. The van der Waals surface area contributed by atoms with Crippen molar-refractivity contribution in [1.82, 2.24) is 9.80 Å². The van der Waals surface area contributed by atoms with Crippen LogP contribution in [0.25, 0.3) is 0 Å². The summed E-state index contributed by atoms with van der Waals surface area (Å²) < 4.78 is 0. The number of amides is 2. The maximum Gasteiger partial charge on any atom is 0.326 e. The molecule has 0 aliphatic carbocycles. The predicted octanol–water partition coefficient (Wildman–Crippen LogP) is 1.79. The average Bonchev–Trinajstić information content (AvgIpc) is 3.32. The lowest BCUT2D eigenvalue weighted by atomic mass is 10.1. The van der Waals surface area contributed by atoms with Crippen molar-refractivity contribution in [3.05, 3.63) is 0 Å². The van der Waals surface area contributed by atoms with Gasteiger partial charge in [-0.1, -0.05) is 35.4 Å². The first kappa shape index (κ1) is 22.9. The number of carbonyl (C=O) groups is 4. The van der Waals surface area contributed by atoms with Gasteiger partial charge in [-0.15, -0.1) is 0 Å². The Labute approximate surface area is 172 Å². The number of hydrogen-bond acceptors (Lipinski definition) is 6. The molecule has 2 aliphatic heterocycles. The zero-order valence-electron chi connectivity index (χ0n) is 16.2. The van der Waals surface area contributed by atoms with Gasteiger partial charge in [0.25, 0.3) is 0 Å². The zero-order valence-corrected chi connectivity index (χ0v) is 17.8. The molecule has 0 aromatic heterocycles. The van der Waals surface area contributed by atoms with Crippen LogP contribution >= 0.6 is 21.6 Å². The molecule has 0 spiro atoms. The van der Waals surface area contributed by atoms with E-state index in [9.17, 15) is 29.4 Å². The highest BCUT2D eigenvalue weighted by Gasteiger charge is 2.37. The summed E-state index contributed by atoms with van der Waals surface area (Å²) in [5, 5.41) is 18.4. The molecule has 0 radical (unpaired) electrons. The Bertz CT molecular complexity index is 565. The van der Waals surface area contributed by atoms with Crippen LogP contribution in [-0.4, -0.2) is 80.4 Å². The van der Waals surface area contributed by atoms with E-state index in [1.54, 1.807) is 13.8 Å². The molecule has 2 N–H and O–H groups in total. The van der Waals surface area contributed by atoms with Gasteiger partial charge in [0.2, 0.25) is 11.8 Å². The molecule has 0 bridgehead atoms. The normalized spacial score (nSPS) is 24.2. The molecule has 2 amide bonds. The number of carbonyl (C=O) groups excluding carboxylic acids is 2. The lowest BCUT2D eigenvalue weighted by Crippen LogP contribution is -2.43. The molecule has 28 heavy (non-hydrogen) atoms. The van der Waals surface area contributed by atoms with E-state index < -0.39 is 24.0 Å². The van der Waals surface area contributed by atoms with E-state index in [1.807, 2.05) is 0 Å². The van der Waals surface area contributed by atoms with Crippen LogP contribution in [0.3, 0.4) is 0 Å². The number of hydrogen-bond donors (Lipinski definition) is 2. The third kappa shape index (κ3) is 5.56. The molecule has 8 nitrogen and oxygen atoms in total. The second kappa shape index (κ2) is 10.4. The lowest BCUT2D eigenvalue weighted by Gasteiger charge is -2.25. The first-order chi connectivity index (χ1) is 13.2. The van der Waals surface area contributed by atoms with Gasteiger partial charge in [0.15, 0.2) is 0 Å². The maximum atomic E-state index is 12.5. The Hall–Kier alpha value is -1.42. The minimum Gasteiger partial charge on any atom is -0.480 e. The van der Waals surface area contributed by atoms with Gasteiger partial charge in [0.1, 0.15) is 12.1 Å². The quantitative estimate of drug-likeness (QED) is 0.419. The Morgan fingerprint density at radius 3 is 1.50 bits per heavy atom. The number of nitrogens with zero attached hydrogens (tertiary/aromatic N) is 2. The van der Waals surface area contributed by atoms with E-state index in [-0.39, 0.29) is 23.7 Å². The topological polar surface area (TPSA) is 115 Å². The Balaban J connectivity index is 1.73. The zero-order chi connectivity index (χ0) is 20.8. The van der Waals surface area contributed by atoms with E-state index >= 15 is 0 Å². The monoisotopic (exact) mass is 432 g/mol. The molecular weight excluding hydrogens is 404 g/mol. The summed E-state index contributed by atoms with van der Waals surface area (Å²) in [6, 6.07) is -1.43. The van der Waals surface area contributed by atoms with Crippen molar-refractivity contribution >= 4 is 45.3 Å². The van der Waals surface area contributed by atoms with Crippen LogP contribution in [0.15, 0.2) is 0 Å². The smallest absolute Gasteiger partial charge is 0.326 e. The number of carboxylic acid groups (broad SMARTS) is 2. The van der Waals surface area contributed by atoms with Gasteiger partial charge in [-0.25, -0.2) is 9.59 Å². The summed E-state index contributed by atoms with van der Waals surface area (Å²) in [5.41, 5.74) is 0. The van der Waals surface area contributed by atoms with Gasteiger partial charge in [-0.2, -0.15) is 0 Å². The second-order valence-corrected chi connectivity index (χ2v) is 9.98. The molecular formula is C18H28N2O6S2. The average molecular weight is 433 g/mol. The first-order valence-corrected chi connectivity index (χ1v) is 12.0. The highest BCUT2D eigenvalue weighted by molar-refractivity contribution is 8.76. The van der Waals surface area contributed by atoms with E-state index in [1.165, 1.54) is 31.4 Å². The van der Waals surface area contributed by atoms with Gasteiger partial charge < -0.3 is 20.0 Å². The van der Waals surface area contributed by atoms with E-state index in [2.05, 4.69) is 0 Å². The summed E-state index contributed by atoms with van der Waals surface area (Å²) in [4.78, 5) is 50.4. The van der Waals surface area contributed by atoms with E-state index in [0.29, 0.717) is 50.3 Å². The highest BCUT2D eigenvalue weighted by Crippen LogP contribution is 2.30. The van der Waals surface area contributed by atoms with Crippen LogP contribution in [0.5, 0.6) is 0 Å². The summed E-state index contributed by atoms with van der Waals surface area (Å²) >= 11 is 0. The highest BCUT2D eigenvalue weighted by atomic mass is 33.1. The van der Waals surface area contributed by atoms with Crippen LogP contribution in [0, 0.1) is 11.8 Å². The largest absolute Gasteiger partial charge is 0.480 e. The molecule has 10 heteroatoms.